The molecule has 150 valence electrons. The molecule has 6 heteroatoms. The monoisotopic (exact) mass is 383 g/mol. The van der Waals surface area contributed by atoms with Crippen LogP contribution in [0.2, 0.25) is 6.04 Å². The molecule has 1 aromatic rings. The van der Waals surface area contributed by atoms with Gasteiger partial charge in [0, 0.05) is 26.4 Å². The molecule has 3 N–H and O–H groups in total. The first kappa shape index (κ1) is 23.1. The van der Waals surface area contributed by atoms with Crippen LogP contribution in [0.1, 0.15) is 58.9 Å². The molecule has 0 aromatic heterocycles. The fourth-order valence-electron chi connectivity index (χ4n) is 3.74. The molecule has 0 radical (unpaired) electrons. The topological polar surface area (TPSA) is 73.9 Å². The summed E-state index contributed by atoms with van der Waals surface area (Å²) < 4.78 is 18.5. The van der Waals surface area contributed by atoms with Gasteiger partial charge >= 0.3 is 8.56 Å². The summed E-state index contributed by atoms with van der Waals surface area (Å²) >= 11 is 0. The minimum atomic E-state index is -2.21. The number of ether oxygens (including phenoxy) is 1. The molecule has 1 aliphatic heterocycles. The molecule has 0 saturated carbocycles. The van der Waals surface area contributed by atoms with Crippen molar-refractivity contribution < 1.29 is 18.7 Å². The zero-order valence-electron chi connectivity index (χ0n) is 16.9. The van der Waals surface area contributed by atoms with Crippen LogP contribution < -0.4 is 5.73 Å². The van der Waals surface area contributed by atoms with Crippen LogP contribution in [0.4, 0.5) is 0 Å². The Morgan fingerprint density at radius 3 is 2.08 bits per heavy atom. The molecule has 1 heterocycles. The summed E-state index contributed by atoms with van der Waals surface area (Å²) in [6.07, 6.45) is 4.57. The zero-order chi connectivity index (χ0) is 19.5. The fraction of sp³-hybridized carbons (Fsp3) is 0.700. The zero-order valence-corrected chi connectivity index (χ0v) is 17.9. The van der Waals surface area contributed by atoms with Crippen molar-refractivity contribution >= 4 is 8.56 Å². The molecule has 1 aromatic carbocycles. The van der Waals surface area contributed by atoms with Crippen LogP contribution in [0, 0.1) is 0 Å². The highest BCUT2D eigenvalue weighted by atomic mass is 28.4. The van der Waals surface area contributed by atoms with Crippen molar-refractivity contribution in [1.29, 1.82) is 0 Å². The lowest BCUT2D eigenvalue weighted by Crippen LogP contribution is -2.65. The molecule has 2 rings (SSSR count). The number of phenols is 1. The number of hydrogen-bond acceptors (Lipinski definition) is 5. The van der Waals surface area contributed by atoms with E-state index in [-0.39, 0.29) is 11.0 Å². The number of rotatable bonds is 8. The van der Waals surface area contributed by atoms with E-state index in [1.165, 1.54) is 12.8 Å². The molecular weight excluding hydrogens is 346 g/mol. The predicted octanol–water partition coefficient (Wildman–Crippen LogP) is 4.26. The first-order chi connectivity index (χ1) is 12.5. The van der Waals surface area contributed by atoms with Gasteiger partial charge in [0.2, 0.25) is 0 Å². The highest BCUT2D eigenvalue weighted by molar-refractivity contribution is 6.70. The van der Waals surface area contributed by atoms with Crippen molar-refractivity contribution in [3.05, 3.63) is 29.8 Å². The summed E-state index contributed by atoms with van der Waals surface area (Å²) in [5.41, 5.74) is 6.35. The van der Waals surface area contributed by atoms with Crippen LogP contribution in [0.15, 0.2) is 24.3 Å². The molecule has 5 nitrogen and oxygen atoms in total. The Balaban J connectivity index is 0.000000314. The van der Waals surface area contributed by atoms with E-state index in [0.717, 1.165) is 44.3 Å². The summed E-state index contributed by atoms with van der Waals surface area (Å²) in [6, 6.07) is 7.94. The van der Waals surface area contributed by atoms with Gasteiger partial charge in [-0.05, 0) is 57.4 Å². The van der Waals surface area contributed by atoms with Gasteiger partial charge in [0.1, 0.15) is 11.0 Å². The molecular formula is C20H37NO4Si. The van der Waals surface area contributed by atoms with Crippen molar-refractivity contribution in [1.82, 2.24) is 0 Å². The Kier molecular flexibility index (Phi) is 10.4. The van der Waals surface area contributed by atoms with Gasteiger partial charge in [0.15, 0.2) is 0 Å². The largest absolute Gasteiger partial charge is 0.508 e. The number of nitrogens with two attached hydrogens (primary N) is 1. The molecule has 1 unspecified atom stereocenters. The normalized spacial score (nSPS) is 21.7. The number of phenolic OH excluding ortho intramolecular Hbond substituents is 1. The Morgan fingerprint density at radius 1 is 1.00 bits per heavy atom. The summed E-state index contributed by atoms with van der Waals surface area (Å²) in [5, 5.41) is 8.69. The lowest BCUT2D eigenvalue weighted by Gasteiger charge is -2.49. The molecule has 0 spiro atoms. The Labute approximate surface area is 160 Å². The fourth-order valence-corrected chi connectivity index (χ4v) is 8.20. The van der Waals surface area contributed by atoms with Crippen molar-refractivity contribution in [2.75, 3.05) is 19.8 Å². The predicted molar refractivity (Wildman–Crippen MR) is 108 cm³/mol. The molecule has 1 atom stereocenters. The minimum absolute atomic E-state index is 0.119. The van der Waals surface area contributed by atoms with Crippen LogP contribution in [-0.2, 0) is 20.1 Å². The van der Waals surface area contributed by atoms with Crippen molar-refractivity contribution in [3.63, 3.8) is 0 Å². The lowest BCUT2D eigenvalue weighted by molar-refractivity contribution is -0.0426. The van der Waals surface area contributed by atoms with Gasteiger partial charge in [-0.25, -0.2) is 0 Å². The summed E-state index contributed by atoms with van der Waals surface area (Å²) in [4.78, 5) is 0. The van der Waals surface area contributed by atoms with E-state index in [0.29, 0.717) is 6.54 Å². The molecule has 26 heavy (non-hydrogen) atoms. The van der Waals surface area contributed by atoms with Gasteiger partial charge in [0.25, 0.3) is 0 Å². The second-order valence-electron chi connectivity index (χ2n) is 6.48. The third-order valence-corrected chi connectivity index (χ3v) is 9.61. The quantitative estimate of drug-likeness (QED) is 0.656. The van der Waals surface area contributed by atoms with Gasteiger partial charge < -0.3 is 24.4 Å². The first-order valence-electron chi connectivity index (χ1n) is 9.92. The van der Waals surface area contributed by atoms with E-state index in [9.17, 15) is 0 Å². The number of hydrogen-bond donors (Lipinski definition) is 2. The van der Waals surface area contributed by atoms with E-state index in [4.69, 9.17) is 24.4 Å². The van der Waals surface area contributed by atoms with Crippen molar-refractivity contribution in [2.45, 2.75) is 71.2 Å². The van der Waals surface area contributed by atoms with Crippen LogP contribution in [0.3, 0.4) is 0 Å². The van der Waals surface area contributed by atoms with E-state index in [1.54, 1.807) is 24.3 Å². The average molecular weight is 384 g/mol. The highest BCUT2D eigenvalue weighted by Crippen LogP contribution is 2.42. The van der Waals surface area contributed by atoms with Gasteiger partial charge in [-0.15, -0.1) is 0 Å². The number of aromatic hydroxyl groups is 1. The second-order valence-corrected chi connectivity index (χ2v) is 9.97. The van der Waals surface area contributed by atoms with Crippen molar-refractivity contribution in [2.24, 2.45) is 5.73 Å². The molecule has 1 saturated heterocycles. The van der Waals surface area contributed by atoms with Crippen molar-refractivity contribution in [3.8, 4) is 5.75 Å². The Hall–Kier alpha value is -0.923. The maximum Gasteiger partial charge on any atom is 0.371 e. The van der Waals surface area contributed by atoms with E-state index < -0.39 is 8.56 Å². The standard InChI is InChI=1S/C13H28O3Si.C7H9NO/c1-5-13(14-6-2)11-9-10-12-17(13,15-7-3)16-8-4;8-5-6-1-3-7(9)4-2-6/h5-12H2,1-4H3;1-4,9H,5,8H2. The molecule has 1 fully saturated rings. The van der Waals surface area contributed by atoms with Crippen LogP contribution in [-0.4, -0.2) is 38.7 Å². The molecule has 1 aliphatic rings. The minimum Gasteiger partial charge on any atom is -0.508 e. The van der Waals surface area contributed by atoms with Gasteiger partial charge in [-0.3, -0.25) is 0 Å². The summed E-state index contributed by atoms with van der Waals surface area (Å²) in [5.74, 6) is 0.284. The van der Waals surface area contributed by atoms with E-state index >= 15 is 0 Å². The lowest BCUT2D eigenvalue weighted by atomic mass is 10.1. The number of benzene rings is 1. The average Bonchev–Trinajstić information content (AvgIpc) is 2.65. The first-order valence-corrected chi connectivity index (χ1v) is 11.9. The third-order valence-electron chi connectivity index (χ3n) is 4.95. The molecule has 0 bridgehead atoms. The van der Waals surface area contributed by atoms with Crippen LogP contribution in [0.5, 0.6) is 5.75 Å². The molecule has 0 amide bonds. The van der Waals surface area contributed by atoms with Gasteiger partial charge in [-0.1, -0.05) is 31.9 Å². The Morgan fingerprint density at radius 2 is 1.62 bits per heavy atom. The second kappa shape index (κ2) is 11.7. The van der Waals surface area contributed by atoms with Crippen LogP contribution >= 0.6 is 0 Å². The van der Waals surface area contributed by atoms with E-state index in [1.807, 2.05) is 0 Å². The maximum atomic E-state index is 8.81. The van der Waals surface area contributed by atoms with Crippen LogP contribution in [0.25, 0.3) is 0 Å². The van der Waals surface area contributed by atoms with Gasteiger partial charge in [0.05, 0.1) is 0 Å². The maximum absolute atomic E-state index is 8.81. The SMILES string of the molecule is CCOC1(CC)CCCC[Si]1(OCC)OCC.NCc1ccc(O)cc1. The summed E-state index contributed by atoms with van der Waals surface area (Å²) in [7, 11) is -2.21. The van der Waals surface area contributed by atoms with Gasteiger partial charge in [-0.2, -0.15) is 0 Å². The summed E-state index contributed by atoms with van der Waals surface area (Å²) in [6.45, 7) is 11.2. The van der Waals surface area contributed by atoms with E-state index in [2.05, 4.69) is 27.7 Å². The Bertz CT molecular complexity index is 482. The highest BCUT2D eigenvalue weighted by Gasteiger charge is 2.58. The third kappa shape index (κ3) is 5.79. The molecule has 0 aliphatic carbocycles. The smallest absolute Gasteiger partial charge is 0.371 e.